The zero-order valence-electron chi connectivity index (χ0n) is 5.09. The maximum Gasteiger partial charge on any atom is 0.353 e. The van der Waals surface area contributed by atoms with Gasteiger partial charge in [-0.15, -0.1) is 0 Å². The van der Waals surface area contributed by atoms with Crippen molar-refractivity contribution < 1.29 is 9.53 Å². The molecule has 50 valence electrons. The van der Waals surface area contributed by atoms with E-state index >= 15 is 0 Å². The lowest BCUT2D eigenvalue weighted by atomic mass is 10.5. The number of hydrogen-bond donors (Lipinski definition) is 1. The van der Waals surface area contributed by atoms with Gasteiger partial charge in [-0.25, -0.2) is 4.79 Å². The van der Waals surface area contributed by atoms with E-state index in [0.29, 0.717) is 0 Å². The van der Waals surface area contributed by atoms with Crippen LogP contribution in [0.4, 0.5) is 0 Å². The van der Waals surface area contributed by atoms with E-state index in [0.717, 1.165) is 0 Å². The van der Waals surface area contributed by atoms with Crippen molar-refractivity contribution in [2.75, 3.05) is 6.61 Å². The van der Waals surface area contributed by atoms with Gasteiger partial charge in [0.25, 0.3) is 0 Å². The first kappa shape index (κ1) is 7.75. The van der Waals surface area contributed by atoms with Crippen molar-refractivity contribution in [3.8, 4) is 0 Å². The molecule has 0 saturated carbocycles. The standard InChI is InChI=1S/C6H9NO2/c1-3-4-9-6(8)5(2)7/h3H,1-2,4,7H2. The van der Waals surface area contributed by atoms with E-state index in [1.165, 1.54) is 6.08 Å². The molecule has 0 aliphatic heterocycles. The summed E-state index contributed by atoms with van der Waals surface area (Å²) in [6, 6.07) is 0. The Morgan fingerprint density at radius 3 is 2.67 bits per heavy atom. The van der Waals surface area contributed by atoms with Gasteiger partial charge >= 0.3 is 5.97 Å². The molecule has 3 heteroatoms. The fourth-order valence-corrected chi connectivity index (χ4v) is 0.227. The minimum absolute atomic E-state index is 0.0862. The molecule has 0 spiro atoms. The highest BCUT2D eigenvalue weighted by Crippen LogP contribution is 1.83. The van der Waals surface area contributed by atoms with Crippen LogP contribution in [0.2, 0.25) is 0 Å². The Morgan fingerprint density at radius 1 is 1.78 bits per heavy atom. The van der Waals surface area contributed by atoms with Crippen molar-refractivity contribution in [2.45, 2.75) is 0 Å². The van der Waals surface area contributed by atoms with Crippen LogP contribution in [0.1, 0.15) is 0 Å². The number of nitrogens with two attached hydrogens (primary N) is 1. The highest BCUT2D eigenvalue weighted by atomic mass is 16.5. The highest BCUT2D eigenvalue weighted by molar-refractivity contribution is 5.86. The lowest BCUT2D eigenvalue weighted by molar-refractivity contribution is -0.137. The minimum Gasteiger partial charge on any atom is -0.457 e. The van der Waals surface area contributed by atoms with Crippen molar-refractivity contribution >= 4 is 5.97 Å². The molecule has 0 saturated heterocycles. The van der Waals surface area contributed by atoms with Gasteiger partial charge < -0.3 is 10.5 Å². The number of ether oxygens (including phenoxy) is 1. The molecule has 0 aliphatic carbocycles. The zero-order chi connectivity index (χ0) is 7.28. The largest absolute Gasteiger partial charge is 0.457 e. The average molecular weight is 127 g/mol. The number of hydrogen-bond acceptors (Lipinski definition) is 3. The Morgan fingerprint density at radius 2 is 2.33 bits per heavy atom. The average Bonchev–Trinajstić information content (AvgIpc) is 1.82. The number of carbonyl (C=O) groups is 1. The third-order valence-corrected chi connectivity index (χ3v) is 0.594. The second-order valence-corrected chi connectivity index (χ2v) is 1.41. The topological polar surface area (TPSA) is 52.3 Å². The van der Waals surface area contributed by atoms with Crippen LogP contribution >= 0.6 is 0 Å². The fraction of sp³-hybridized carbons (Fsp3) is 0.167. The summed E-state index contributed by atoms with van der Waals surface area (Å²) in [6.07, 6.45) is 1.46. The van der Waals surface area contributed by atoms with E-state index in [2.05, 4.69) is 17.9 Å². The molecule has 0 rings (SSSR count). The van der Waals surface area contributed by atoms with Gasteiger partial charge in [0.1, 0.15) is 12.3 Å². The Labute approximate surface area is 53.8 Å². The molecular formula is C6H9NO2. The first-order valence-electron chi connectivity index (χ1n) is 2.41. The van der Waals surface area contributed by atoms with Crippen LogP contribution in [0.15, 0.2) is 24.9 Å². The molecule has 9 heavy (non-hydrogen) atoms. The number of esters is 1. The molecule has 0 aromatic rings. The van der Waals surface area contributed by atoms with Crippen LogP contribution in [-0.2, 0) is 9.53 Å². The Hall–Kier alpha value is -1.25. The summed E-state index contributed by atoms with van der Waals surface area (Å²) >= 11 is 0. The van der Waals surface area contributed by atoms with Crippen molar-refractivity contribution in [2.24, 2.45) is 5.73 Å². The van der Waals surface area contributed by atoms with Gasteiger partial charge in [-0.1, -0.05) is 19.2 Å². The van der Waals surface area contributed by atoms with Gasteiger partial charge in [0.2, 0.25) is 0 Å². The Bertz CT molecular complexity index is 140. The highest BCUT2D eigenvalue weighted by Gasteiger charge is 1.99. The Balaban J connectivity index is 3.51. The third kappa shape index (κ3) is 3.34. The fourth-order valence-electron chi connectivity index (χ4n) is 0.227. The molecule has 0 amide bonds. The van der Waals surface area contributed by atoms with E-state index in [4.69, 9.17) is 5.73 Å². The van der Waals surface area contributed by atoms with Gasteiger partial charge in [-0.2, -0.15) is 0 Å². The van der Waals surface area contributed by atoms with Gasteiger partial charge in [-0.3, -0.25) is 0 Å². The third-order valence-electron chi connectivity index (χ3n) is 0.594. The van der Waals surface area contributed by atoms with E-state index < -0.39 is 5.97 Å². The molecule has 0 bridgehead atoms. The van der Waals surface area contributed by atoms with Gasteiger partial charge in [0.15, 0.2) is 0 Å². The molecule has 0 aliphatic rings. The predicted molar refractivity (Wildman–Crippen MR) is 34.5 cm³/mol. The van der Waals surface area contributed by atoms with Crippen LogP contribution in [0.25, 0.3) is 0 Å². The summed E-state index contributed by atoms with van der Waals surface area (Å²) in [6.45, 7) is 6.70. The summed E-state index contributed by atoms with van der Waals surface area (Å²) in [4.78, 5) is 10.4. The van der Waals surface area contributed by atoms with Crippen molar-refractivity contribution in [1.29, 1.82) is 0 Å². The molecular weight excluding hydrogens is 118 g/mol. The van der Waals surface area contributed by atoms with E-state index in [1.807, 2.05) is 0 Å². The lowest BCUT2D eigenvalue weighted by Crippen LogP contribution is -2.13. The van der Waals surface area contributed by atoms with Crippen molar-refractivity contribution in [3.05, 3.63) is 24.9 Å². The molecule has 0 radical (unpaired) electrons. The summed E-state index contributed by atoms with van der Waals surface area (Å²) < 4.78 is 4.47. The first-order chi connectivity index (χ1) is 4.18. The predicted octanol–water partition coefficient (Wildman–Crippen LogP) is 0.188. The molecule has 0 aromatic carbocycles. The smallest absolute Gasteiger partial charge is 0.353 e. The van der Waals surface area contributed by atoms with Crippen molar-refractivity contribution in [1.82, 2.24) is 0 Å². The normalized spacial score (nSPS) is 8.00. The summed E-state index contributed by atoms with van der Waals surface area (Å²) in [7, 11) is 0. The molecule has 0 aromatic heterocycles. The van der Waals surface area contributed by atoms with Gasteiger partial charge in [0, 0.05) is 0 Å². The minimum atomic E-state index is -0.588. The number of rotatable bonds is 3. The molecule has 0 fully saturated rings. The van der Waals surface area contributed by atoms with E-state index in [-0.39, 0.29) is 12.3 Å². The van der Waals surface area contributed by atoms with Crippen LogP contribution in [0, 0.1) is 0 Å². The van der Waals surface area contributed by atoms with Gasteiger partial charge in [-0.05, 0) is 0 Å². The zero-order valence-corrected chi connectivity index (χ0v) is 5.09. The van der Waals surface area contributed by atoms with Crippen LogP contribution in [0.3, 0.4) is 0 Å². The summed E-state index contributed by atoms with van der Waals surface area (Å²) in [5, 5.41) is 0. The van der Waals surface area contributed by atoms with Gasteiger partial charge in [0.05, 0.1) is 0 Å². The molecule has 3 nitrogen and oxygen atoms in total. The summed E-state index contributed by atoms with van der Waals surface area (Å²) in [5.41, 5.74) is 4.89. The second kappa shape index (κ2) is 3.72. The lowest BCUT2D eigenvalue weighted by Gasteiger charge is -1.97. The van der Waals surface area contributed by atoms with Crippen LogP contribution in [-0.4, -0.2) is 12.6 Å². The molecule has 0 atom stereocenters. The van der Waals surface area contributed by atoms with Crippen molar-refractivity contribution in [3.63, 3.8) is 0 Å². The van der Waals surface area contributed by atoms with Crippen LogP contribution in [0.5, 0.6) is 0 Å². The molecule has 0 unspecified atom stereocenters. The quantitative estimate of drug-likeness (QED) is 0.334. The van der Waals surface area contributed by atoms with E-state index in [9.17, 15) is 4.79 Å². The van der Waals surface area contributed by atoms with Crippen LogP contribution < -0.4 is 5.73 Å². The molecule has 2 N–H and O–H groups in total. The van der Waals surface area contributed by atoms with E-state index in [1.54, 1.807) is 0 Å². The second-order valence-electron chi connectivity index (χ2n) is 1.41. The maximum atomic E-state index is 10.4. The summed E-state index contributed by atoms with van der Waals surface area (Å²) in [5.74, 6) is -0.588. The SMILES string of the molecule is C=CCOC(=O)C(=C)N. The first-order valence-corrected chi connectivity index (χ1v) is 2.41. The number of carbonyl (C=O) groups excluding carboxylic acids is 1. The monoisotopic (exact) mass is 127 g/mol. The maximum absolute atomic E-state index is 10.4. The molecule has 0 heterocycles. The Kier molecular flexibility index (Phi) is 3.20.